The number of hydrogen-bond acceptors (Lipinski definition) is 7. The Balaban J connectivity index is 1.11. The molecule has 4 heterocycles. The molecule has 2 aromatic heterocycles. The maximum Gasteiger partial charge on any atom is 0.410 e. The van der Waals surface area contributed by atoms with Crippen LogP contribution in [-0.4, -0.2) is 61.2 Å². The molecular formula is C36H43N5O4S. The third-order valence-electron chi connectivity index (χ3n) is 8.19. The molecule has 0 saturated carbocycles. The maximum atomic E-state index is 12.8. The number of amides is 2. The highest BCUT2D eigenvalue weighted by Crippen LogP contribution is 2.37. The molecule has 0 unspecified atom stereocenters. The standard InChI is InChI=1S/C36H43N5O4S/c1-35(2,3)44-33(42)40-19-7-9-29(40)31-37-21-27(38-31)25-15-11-23(12-16-25)24-13-17-26(18-14-24)28-22-46-32(39-28)30-10-8-20-41(30)34(43)45-36(4,5)6/h11-18,21-22,29-30H,7-10,19-20H2,1-6H3,(H,37,38)/t29-,30-/m0/s1. The Morgan fingerprint density at radius 3 is 1.83 bits per heavy atom. The minimum absolute atomic E-state index is 0.0422. The Hall–Kier alpha value is -4.18. The van der Waals surface area contributed by atoms with Gasteiger partial charge in [-0.2, -0.15) is 0 Å². The summed E-state index contributed by atoms with van der Waals surface area (Å²) in [6.45, 7) is 12.7. The third kappa shape index (κ3) is 7.12. The quantitative estimate of drug-likeness (QED) is 0.233. The highest BCUT2D eigenvalue weighted by atomic mass is 32.1. The zero-order valence-electron chi connectivity index (χ0n) is 27.5. The number of carbonyl (C=O) groups excluding carboxylic acids is 2. The summed E-state index contributed by atoms with van der Waals surface area (Å²) in [5.74, 6) is 0.786. The van der Waals surface area contributed by atoms with Gasteiger partial charge in [0.2, 0.25) is 0 Å². The molecule has 2 aromatic carbocycles. The Morgan fingerprint density at radius 1 is 0.761 bits per heavy atom. The summed E-state index contributed by atoms with van der Waals surface area (Å²) in [5, 5.41) is 3.02. The van der Waals surface area contributed by atoms with Crippen molar-refractivity contribution in [2.45, 2.75) is 90.5 Å². The monoisotopic (exact) mass is 641 g/mol. The molecule has 2 atom stereocenters. The Morgan fingerprint density at radius 2 is 1.26 bits per heavy atom. The molecule has 0 radical (unpaired) electrons. The summed E-state index contributed by atoms with van der Waals surface area (Å²) in [7, 11) is 0. The topological polar surface area (TPSA) is 101 Å². The van der Waals surface area contributed by atoms with E-state index < -0.39 is 11.2 Å². The lowest BCUT2D eigenvalue weighted by Crippen LogP contribution is -2.36. The SMILES string of the molecule is CC(C)(C)OC(=O)N1CCC[C@H]1c1ncc(-c2ccc(-c3ccc(-c4csc([C@@H]5CCCN5C(=O)OC(C)(C)C)n4)cc3)cc2)[nH]1. The number of likely N-dealkylation sites (tertiary alicyclic amines) is 2. The molecule has 10 heteroatoms. The van der Waals surface area contributed by atoms with Gasteiger partial charge in [-0.3, -0.25) is 9.80 Å². The predicted molar refractivity (Wildman–Crippen MR) is 180 cm³/mol. The zero-order chi connectivity index (χ0) is 32.6. The van der Waals surface area contributed by atoms with Crippen LogP contribution in [0.5, 0.6) is 0 Å². The smallest absolute Gasteiger partial charge is 0.410 e. The molecule has 0 spiro atoms. The molecule has 2 aliphatic rings. The van der Waals surface area contributed by atoms with Crippen molar-refractivity contribution in [3.8, 4) is 33.6 Å². The summed E-state index contributed by atoms with van der Waals surface area (Å²) in [5.41, 5.74) is 5.07. The van der Waals surface area contributed by atoms with Gasteiger partial charge >= 0.3 is 12.2 Å². The van der Waals surface area contributed by atoms with E-state index in [0.29, 0.717) is 13.1 Å². The van der Waals surface area contributed by atoms with Gasteiger partial charge in [0.1, 0.15) is 22.0 Å². The van der Waals surface area contributed by atoms with E-state index in [1.807, 2.05) is 52.6 Å². The fourth-order valence-electron chi connectivity index (χ4n) is 6.05. The van der Waals surface area contributed by atoms with Gasteiger partial charge in [0.05, 0.1) is 29.7 Å². The largest absolute Gasteiger partial charge is 0.444 e. The van der Waals surface area contributed by atoms with Gasteiger partial charge in [0.15, 0.2) is 0 Å². The van der Waals surface area contributed by atoms with Gasteiger partial charge in [0.25, 0.3) is 0 Å². The van der Waals surface area contributed by atoms with Gasteiger partial charge in [-0.15, -0.1) is 11.3 Å². The maximum absolute atomic E-state index is 12.8. The van der Waals surface area contributed by atoms with E-state index in [4.69, 9.17) is 14.5 Å². The molecule has 0 bridgehead atoms. The molecule has 4 aromatic rings. The van der Waals surface area contributed by atoms with Crippen LogP contribution in [0.1, 0.15) is 90.1 Å². The number of imidazole rings is 1. The summed E-state index contributed by atoms with van der Waals surface area (Å²) >= 11 is 1.60. The average Bonchev–Trinajstić information content (AvgIpc) is 3.82. The average molecular weight is 642 g/mol. The fourth-order valence-corrected chi connectivity index (χ4v) is 7.03. The Bertz CT molecular complexity index is 1550. The van der Waals surface area contributed by atoms with Crippen LogP contribution in [-0.2, 0) is 9.47 Å². The van der Waals surface area contributed by atoms with Crippen LogP contribution in [0.25, 0.3) is 33.6 Å². The first kappa shape index (κ1) is 31.8. The number of benzene rings is 2. The first-order chi connectivity index (χ1) is 21.8. The summed E-state index contributed by atoms with van der Waals surface area (Å²) in [6.07, 6.45) is 4.89. The van der Waals surface area contributed by atoms with Crippen molar-refractivity contribution in [3.63, 3.8) is 0 Å². The second-order valence-electron chi connectivity index (χ2n) is 14.1. The van der Waals surface area contributed by atoms with E-state index in [9.17, 15) is 9.59 Å². The number of aromatic nitrogens is 3. The van der Waals surface area contributed by atoms with Crippen molar-refractivity contribution < 1.29 is 19.1 Å². The molecule has 2 fully saturated rings. The van der Waals surface area contributed by atoms with Gasteiger partial charge in [0, 0.05) is 24.0 Å². The summed E-state index contributed by atoms with van der Waals surface area (Å²) in [6, 6.07) is 16.7. The van der Waals surface area contributed by atoms with E-state index in [-0.39, 0.29) is 24.3 Å². The molecule has 1 N–H and O–H groups in total. The predicted octanol–water partition coefficient (Wildman–Crippen LogP) is 9.01. The summed E-state index contributed by atoms with van der Waals surface area (Å²) < 4.78 is 11.3. The second kappa shape index (κ2) is 12.5. The van der Waals surface area contributed by atoms with Gasteiger partial charge in [-0.25, -0.2) is 19.6 Å². The number of thiazole rings is 1. The number of aromatic amines is 1. The number of carbonyl (C=O) groups is 2. The van der Waals surface area contributed by atoms with Crippen molar-refractivity contribution in [1.29, 1.82) is 0 Å². The van der Waals surface area contributed by atoms with Crippen molar-refractivity contribution in [3.05, 3.63) is 70.9 Å². The van der Waals surface area contributed by atoms with Crippen LogP contribution < -0.4 is 0 Å². The van der Waals surface area contributed by atoms with Crippen molar-refractivity contribution >= 4 is 23.5 Å². The van der Waals surface area contributed by atoms with Gasteiger partial charge in [-0.1, -0.05) is 48.5 Å². The molecule has 9 nitrogen and oxygen atoms in total. The fraction of sp³-hybridized carbons (Fsp3) is 0.444. The van der Waals surface area contributed by atoms with Crippen LogP contribution in [0.15, 0.2) is 60.1 Å². The lowest BCUT2D eigenvalue weighted by molar-refractivity contribution is 0.0210. The van der Waals surface area contributed by atoms with Crippen LogP contribution in [0, 0.1) is 0 Å². The van der Waals surface area contributed by atoms with Gasteiger partial charge < -0.3 is 14.5 Å². The molecule has 242 valence electrons. The molecule has 2 aliphatic heterocycles. The first-order valence-corrected chi connectivity index (χ1v) is 16.9. The minimum Gasteiger partial charge on any atom is -0.444 e. The molecule has 0 aliphatic carbocycles. The number of nitrogens with one attached hydrogen (secondary N) is 1. The summed E-state index contributed by atoms with van der Waals surface area (Å²) in [4.78, 5) is 42.2. The van der Waals surface area contributed by atoms with E-state index in [0.717, 1.165) is 70.2 Å². The highest BCUT2D eigenvalue weighted by Gasteiger charge is 2.36. The second-order valence-corrected chi connectivity index (χ2v) is 15.0. The molecule has 2 saturated heterocycles. The first-order valence-electron chi connectivity index (χ1n) is 16.1. The van der Waals surface area contributed by atoms with E-state index in [2.05, 4.69) is 63.9 Å². The highest BCUT2D eigenvalue weighted by molar-refractivity contribution is 7.10. The zero-order valence-corrected chi connectivity index (χ0v) is 28.3. The number of hydrogen-bond donors (Lipinski definition) is 1. The number of H-pyrrole nitrogens is 1. The van der Waals surface area contributed by atoms with Crippen molar-refractivity contribution in [2.75, 3.05) is 13.1 Å². The number of rotatable bonds is 5. The van der Waals surface area contributed by atoms with E-state index >= 15 is 0 Å². The number of ether oxygens (including phenoxy) is 2. The van der Waals surface area contributed by atoms with Crippen LogP contribution >= 0.6 is 11.3 Å². The lowest BCUT2D eigenvalue weighted by atomic mass is 10.0. The van der Waals surface area contributed by atoms with E-state index in [1.54, 1.807) is 16.2 Å². The molecule has 6 rings (SSSR count). The van der Waals surface area contributed by atoms with Crippen LogP contribution in [0.4, 0.5) is 9.59 Å². The van der Waals surface area contributed by atoms with Crippen LogP contribution in [0.3, 0.4) is 0 Å². The molecular weight excluding hydrogens is 598 g/mol. The minimum atomic E-state index is -0.535. The Kier molecular flexibility index (Phi) is 8.67. The number of nitrogens with zero attached hydrogens (tertiary/aromatic N) is 4. The molecule has 2 amide bonds. The van der Waals surface area contributed by atoms with Gasteiger partial charge in [-0.05, 0) is 83.9 Å². The Labute approximate surface area is 275 Å². The normalized spacial score (nSPS) is 18.7. The lowest BCUT2D eigenvalue weighted by Gasteiger charge is -2.27. The molecule has 46 heavy (non-hydrogen) atoms. The van der Waals surface area contributed by atoms with Crippen molar-refractivity contribution in [1.82, 2.24) is 24.8 Å². The van der Waals surface area contributed by atoms with E-state index in [1.165, 1.54) is 0 Å². The van der Waals surface area contributed by atoms with Crippen LogP contribution in [0.2, 0.25) is 0 Å². The third-order valence-corrected chi connectivity index (χ3v) is 9.14. The van der Waals surface area contributed by atoms with Crippen molar-refractivity contribution in [2.24, 2.45) is 0 Å².